The van der Waals surface area contributed by atoms with Crippen LogP contribution in [0.5, 0.6) is 0 Å². The van der Waals surface area contributed by atoms with Crippen LogP contribution in [0.15, 0.2) is 18.2 Å². The average molecular weight is 337 g/mol. The Bertz CT molecular complexity index is 541. The maximum Gasteiger partial charge on any atom is 0.374 e. The summed E-state index contributed by atoms with van der Waals surface area (Å²) in [5.74, 6) is 0. The highest BCUT2D eigenvalue weighted by atomic mass is 35.5. The second-order valence-electron chi connectivity index (χ2n) is 3.32. The van der Waals surface area contributed by atoms with Gasteiger partial charge in [-0.1, -0.05) is 35.3 Å². The smallest absolute Gasteiger partial charge is 0.364 e. The lowest BCUT2D eigenvalue weighted by molar-refractivity contribution is 0.131. The van der Waals surface area contributed by atoms with Crippen LogP contribution in [0.4, 0.5) is 0 Å². The Balaban J connectivity index is 3.73. The lowest BCUT2D eigenvalue weighted by atomic mass is 10.2. The second-order valence-corrected chi connectivity index (χ2v) is 7.93. The molecule has 0 saturated carbocycles. The average Bonchev–Trinajstić information content (AvgIpc) is 2.17. The minimum absolute atomic E-state index is 0.213. The van der Waals surface area contributed by atoms with Crippen LogP contribution in [0, 0.1) is 0 Å². The Morgan fingerprint density at radius 3 is 1.83 bits per heavy atom. The van der Waals surface area contributed by atoms with E-state index >= 15 is 0 Å². The highest BCUT2D eigenvalue weighted by Crippen LogP contribution is 2.73. The Morgan fingerprint density at radius 2 is 1.44 bits per heavy atom. The van der Waals surface area contributed by atoms with E-state index in [-0.39, 0.29) is 5.02 Å². The van der Waals surface area contributed by atoms with Crippen molar-refractivity contribution < 1.29 is 33.8 Å². The minimum Gasteiger partial charge on any atom is -0.364 e. The number of halogens is 2. The van der Waals surface area contributed by atoms with E-state index in [9.17, 15) is 14.2 Å². The summed E-state index contributed by atoms with van der Waals surface area (Å²) in [5.41, 5.74) is -0.835. The van der Waals surface area contributed by atoms with Crippen molar-refractivity contribution in [3.63, 3.8) is 0 Å². The summed E-state index contributed by atoms with van der Waals surface area (Å²) in [6.45, 7) is 0. The molecule has 0 spiro atoms. The van der Waals surface area contributed by atoms with Crippen LogP contribution in [-0.2, 0) is 14.2 Å². The zero-order valence-electron chi connectivity index (χ0n) is 8.43. The normalized spacial score (nSPS) is 13.7. The third-order valence-corrected chi connectivity index (χ3v) is 6.61. The van der Waals surface area contributed by atoms with Crippen molar-refractivity contribution in [2.24, 2.45) is 0 Å². The third kappa shape index (κ3) is 2.51. The molecule has 1 aromatic carbocycles. The van der Waals surface area contributed by atoms with E-state index in [2.05, 4.69) is 0 Å². The first-order chi connectivity index (χ1) is 7.93. The summed E-state index contributed by atoms with van der Waals surface area (Å²) >= 11 is 11.2. The van der Waals surface area contributed by atoms with Gasteiger partial charge in [0.1, 0.15) is 0 Å². The molecule has 11 heteroatoms. The van der Waals surface area contributed by atoms with Crippen molar-refractivity contribution in [2.45, 2.75) is 5.08 Å². The fourth-order valence-corrected chi connectivity index (χ4v) is 4.17. The van der Waals surface area contributed by atoms with Gasteiger partial charge < -0.3 is 24.7 Å². The highest BCUT2D eigenvalue weighted by molar-refractivity contribution is 7.71. The molecule has 0 saturated heterocycles. The molecule has 0 heterocycles. The number of benzene rings is 1. The van der Waals surface area contributed by atoms with E-state index in [1.165, 1.54) is 6.07 Å². The van der Waals surface area contributed by atoms with Gasteiger partial charge in [0.2, 0.25) is 0 Å². The SMILES string of the molecule is O=P(O)(O)C(O)(c1cccc(Cl)c1Cl)P(=O)(O)O. The summed E-state index contributed by atoms with van der Waals surface area (Å²) in [6, 6.07) is 3.24. The Hall–Kier alpha value is 0.0600. The molecule has 0 atom stereocenters. The lowest BCUT2D eigenvalue weighted by Crippen LogP contribution is -2.26. The van der Waals surface area contributed by atoms with Crippen LogP contribution < -0.4 is 0 Å². The first-order valence-corrected chi connectivity index (χ1v) is 8.19. The first-order valence-electron chi connectivity index (χ1n) is 4.21. The quantitative estimate of drug-likeness (QED) is 0.527. The van der Waals surface area contributed by atoms with Crippen molar-refractivity contribution in [1.82, 2.24) is 0 Å². The van der Waals surface area contributed by atoms with E-state index in [0.717, 1.165) is 12.1 Å². The standard InChI is InChI=1S/C7H8Cl2O7P2/c8-5-3-1-2-4(6(5)9)7(10,17(11,12)13)18(14,15)16/h1-3,10H,(H2,11,12,13)(H2,14,15,16). The number of rotatable bonds is 3. The first kappa shape index (κ1) is 16.1. The van der Waals surface area contributed by atoms with Gasteiger partial charge >= 0.3 is 15.2 Å². The second kappa shape index (κ2) is 4.87. The minimum atomic E-state index is -5.63. The summed E-state index contributed by atoms with van der Waals surface area (Å²) in [6.07, 6.45) is 0. The van der Waals surface area contributed by atoms with E-state index < -0.39 is 30.9 Å². The molecule has 0 aliphatic heterocycles. The van der Waals surface area contributed by atoms with Crippen molar-refractivity contribution in [1.29, 1.82) is 0 Å². The van der Waals surface area contributed by atoms with Gasteiger partial charge in [-0.3, -0.25) is 9.13 Å². The molecule has 5 N–H and O–H groups in total. The molecular formula is C7H8Cl2O7P2. The maximum absolute atomic E-state index is 11.2. The summed E-state index contributed by atoms with van der Waals surface area (Å²) in [4.78, 5) is 36.0. The van der Waals surface area contributed by atoms with Gasteiger partial charge in [-0.05, 0) is 6.07 Å². The van der Waals surface area contributed by atoms with Crippen LogP contribution in [0.2, 0.25) is 10.0 Å². The molecule has 18 heavy (non-hydrogen) atoms. The fourth-order valence-electron chi connectivity index (χ4n) is 1.25. The molecule has 0 fully saturated rings. The molecule has 0 bridgehead atoms. The fraction of sp³-hybridized carbons (Fsp3) is 0.143. The number of hydrogen-bond acceptors (Lipinski definition) is 3. The molecule has 1 aromatic rings. The van der Waals surface area contributed by atoms with Gasteiger partial charge in [-0.2, -0.15) is 0 Å². The molecule has 0 unspecified atom stereocenters. The molecule has 0 radical (unpaired) electrons. The number of hydrogen-bond donors (Lipinski definition) is 5. The van der Waals surface area contributed by atoms with Gasteiger partial charge in [0.05, 0.1) is 10.0 Å². The topological polar surface area (TPSA) is 135 Å². The molecule has 0 aliphatic rings. The third-order valence-electron chi connectivity index (χ3n) is 2.13. The van der Waals surface area contributed by atoms with Crippen molar-refractivity contribution in [3.8, 4) is 0 Å². The molecule has 7 nitrogen and oxygen atoms in total. The summed E-state index contributed by atoms with van der Waals surface area (Å²) in [7, 11) is -11.3. The molecule has 1 rings (SSSR count). The van der Waals surface area contributed by atoms with Crippen LogP contribution in [0.3, 0.4) is 0 Å². The number of aliphatic hydroxyl groups is 1. The zero-order valence-corrected chi connectivity index (χ0v) is 11.7. The Labute approximate surface area is 111 Å². The van der Waals surface area contributed by atoms with Crippen molar-refractivity contribution in [2.75, 3.05) is 0 Å². The van der Waals surface area contributed by atoms with E-state index in [1.54, 1.807) is 0 Å². The Morgan fingerprint density at radius 1 is 1.00 bits per heavy atom. The van der Waals surface area contributed by atoms with Gasteiger partial charge in [-0.15, -0.1) is 0 Å². The highest BCUT2D eigenvalue weighted by Gasteiger charge is 2.61. The molecular weight excluding hydrogens is 329 g/mol. The predicted molar refractivity (Wildman–Crippen MR) is 64.4 cm³/mol. The van der Waals surface area contributed by atoms with E-state index in [4.69, 9.17) is 42.8 Å². The van der Waals surface area contributed by atoms with Gasteiger partial charge in [0.25, 0.3) is 5.08 Å². The van der Waals surface area contributed by atoms with Crippen LogP contribution in [0.1, 0.15) is 5.56 Å². The molecule has 0 amide bonds. The van der Waals surface area contributed by atoms with Crippen molar-refractivity contribution in [3.05, 3.63) is 33.8 Å². The van der Waals surface area contributed by atoms with Crippen LogP contribution >= 0.6 is 38.4 Å². The van der Waals surface area contributed by atoms with Crippen LogP contribution in [-0.4, -0.2) is 24.7 Å². The molecule has 0 aliphatic carbocycles. The lowest BCUT2D eigenvalue weighted by Gasteiger charge is -2.30. The molecule has 102 valence electrons. The van der Waals surface area contributed by atoms with E-state index in [1.807, 2.05) is 0 Å². The van der Waals surface area contributed by atoms with Crippen molar-refractivity contribution >= 4 is 38.4 Å². The van der Waals surface area contributed by atoms with Crippen LogP contribution in [0.25, 0.3) is 0 Å². The van der Waals surface area contributed by atoms with Gasteiger partial charge in [-0.25, -0.2) is 0 Å². The Kier molecular flexibility index (Phi) is 4.36. The monoisotopic (exact) mass is 336 g/mol. The van der Waals surface area contributed by atoms with Gasteiger partial charge in [0, 0.05) is 5.56 Å². The molecule has 0 aromatic heterocycles. The zero-order chi connectivity index (χ0) is 14.4. The summed E-state index contributed by atoms with van der Waals surface area (Å²) in [5, 5.41) is 5.30. The largest absolute Gasteiger partial charge is 0.374 e. The predicted octanol–water partition coefficient (Wildman–Crippen LogP) is 1.45. The van der Waals surface area contributed by atoms with E-state index in [0.29, 0.717) is 0 Å². The maximum atomic E-state index is 11.2. The van der Waals surface area contributed by atoms with Gasteiger partial charge in [0.15, 0.2) is 0 Å². The summed E-state index contributed by atoms with van der Waals surface area (Å²) < 4.78 is 22.4.